The Morgan fingerprint density at radius 2 is 1.43 bits per heavy atom. The van der Waals surface area contributed by atoms with E-state index in [1.807, 2.05) is 0 Å². The topological polar surface area (TPSA) is 15.3 Å². The third-order valence-corrected chi connectivity index (χ3v) is 4.96. The first-order chi connectivity index (χ1) is 10.3. The van der Waals surface area contributed by atoms with Crippen LogP contribution in [0.5, 0.6) is 0 Å². The van der Waals surface area contributed by atoms with E-state index < -0.39 is 0 Å². The van der Waals surface area contributed by atoms with Crippen molar-refractivity contribution >= 4 is 0 Å². The third kappa shape index (κ3) is 10.3. The van der Waals surface area contributed by atoms with E-state index in [1.54, 1.807) is 0 Å². The predicted molar refractivity (Wildman–Crippen MR) is 95.0 cm³/mol. The molecule has 1 aliphatic rings. The quantitative estimate of drug-likeness (QED) is 0.429. The van der Waals surface area contributed by atoms with Gasteiger partial charge in [-0.3, -0.25) is 4.90 Å². The maximum absolute atomic E-state index is 3.63. The highest BCUT2D eigenvalue weighted by atomic mass is 15.2. The van der Waals surface area contributed by atoms with E-state index in [4.69, 9.17) is 0 Å². The normalized spacial score (nSPS) is 16.6. The Labute approximate surface area is 134 Å². The molecule has 0 spiro atoms. The molecule has 1 aliphatic carbocycles. The van der Waals surface area contributed by atoms with Crippen LogP contribution in [0.1, 0.15) is 90.9 Å². The van der Waals surface area contributed by atoms with Gasteiger partial charge in [0.25, 0.3) is 0 Å². The van der Waals surface area contributed by atoms with Crippen LogP contribution in [0.3, 0.4) is 0 Å². The lowest BCUT2D eigenvalue weighted by molar-refractivity contribution is 0.241. The van der Waals surface area contributed by atoms with Crippen molar-refractivity contribution in [3.05, 3.63) is 0 Å². The lowest BCUT2D eigenvalue weighted by Gasteiger charge is -2.24. The highest BCUT2D eigenvalue weighted by Crippen LogP contribution is 2.26. The predicted octanol–water partition coefficient (Wildman–Crippen LogP) is 4.98. The van der Waals surface area contributed by atoms with E-state index in [9.17, 15) is 0 Å². The molecule has 0 aliphatic heterocycles. The van der Waals surface area contributed by atoms with Crippen LogP contribution in [-0.2, 0) is 0 Å². The number of likely N-dealkylation sites (N-methyl/N-ethyl adjacent to an activating group) is 1. The van der Waals surface area contributed by atoms with Crippen molar-refractivity contribution in [1.82, 2.24) is 10.2 Å². The molecule has 2 heteroatoms. The average molecular weight is 297 g/mol. The molecule has 0 saturated heterocycles. The largest absolute Gasteiger partial charge is 0.315 e. The summed E-state index contributed by atoms with van der Waals surface area (Å²) in [6.45, 7) is 7.01. The van der Waals surface area contributed by atoms with Crippen LogP contribution in [0.2, 0.25) is 0 Å². The van der Waals surface area contributed by atoms with Gasteiger partial charge in [0.15, 0.2) is 0 Å². The Morgan fingerprint density at radius 1 is 0.905 bits per heavy atom. The van der Waals surface area contributed by atoms with Gasteiger partial charge in [0.05, 0.1) is 0 Å². The number of rotatable bonds is 15. The zero-order chi connectivity index (χ0) is 15.3. The molecule has 1 saturated carbocycles. The van der Waals surface area contributed by atoms with Crippen LogP contribution in [0.4, 0.5) is 0 Å². The smallest absolute Gasteiger partial charge is 0.0192 e. The van der Waals surface area contributed by atoms with E-state index in [0.717, 1.165) is 12.6 Å². The molecule has 0 aromatic rings. The van der Waals surface area contributed by atoms with Gasteiger partial charge in [0.2, 0.25) is 0 Å². The Hall–Kier alpha value is -0.0800. The van der Waals surface area contributed by atoms with Gasteiger partial charge < -0.3 is 5.32 Å². The van der Waals surface area contributed by atoms with Crippen molar-refractivity contribution in [2.75, 3.05) is 20.1 Å². The second-order valence-electron chi connectivity index (χ2n) is 7.13. The fourth-order valence-corrected chi connectivity index (χ4v) is 3.03. The molecule has 1 unspecified atom stereocenters. The number of nitrogens with one attached hydrogen (secondary N) is 1. The number of hydrogen-bond donors (Lipinski definition) is 1. The standard InChI is InChI=1S/C19H40N2/c1-4-5-6-7-8-9-10-11-12-13-16-20-17-18(2)21(3)19-14-15-19/h18-20H,4-17H2,1-3H3. The average Bonchev–Trinajstić information content (AvgIpc) is 3.32. The summed E-state index contributed by atoms with van der Waals surface area (Å²) in [6.07, 6.45) is 17.1. The number of nitrogens with zero attached hydrogens (tertiary/aromatic N) is 1. The van der Waals surface area contributed by atoms with Gasteiger partial charge in [0, 0.05) is 18.6 Å². The van der Waals surface area contributed by atoms with Crippen LogP contribution in [0, 0.1) is 0 Å². The number of hydrogen-bond acceptors (Lipinski definition) is 2. The van der Waals surface area contributed by atoms with Gasteiger partial charge >= 0.3 is 0 Å². The molecule has 0 amide bonds. The second kappa shape index (κ2) is 12.5. The SMILES string of the molecule is CCCCCCCCCCCCNCC(C)N(C)C1CC1. The fraction of sp³-hybridized carbons (Fsp3) is 1.00. The highest BCUT2D eigenvalue weighted by Gasteiger charge is 2.28. The third-order valence-electron chi connectivity index (χ3n) is 4.96. The van der Waals surface area contributed by atoms with Crippen molar-refractivity contribution in [2.24, 2.45) is 0 Å². The van der Waals surface area contributed by atoms with Crippen molar-refractivity contribution in [2.45, 2.75) is 103 Å². The molecule has 1 rings (SSSR count). The molecule has 126 valence electrons. The maximum atomic E-state index is 3.63. The molecule has 0 bridgehead atoms. The molecule has 0 aromatic carbocycles. The molecular weight excluding hydrogens is 256 g/mol. The number of unbranched alkanes of at least 4 members (excludes halogenated alkanes) is 9. The van der Waals surface area contributed by atoms with Crippen molar-refractivity contribution in [3.63, 3.8) is 0 Å². The lowest BCUT2D eigenvalue weighted by atomic mass is 10.1. The molecule has 0 heterocycles. The minimum absolute atomic E-state index is 0.695. The van der Waals surface area contributed by atoms with Crippen molar-refractivity contribution in [3.8, 4) is 0 Å². The maximum Gasteiger partial charge on any atom is 0.0192 e. The Kier molecular flexibility index (Phi) is 11.3. The Bertz CT molecular complexity index is 226. The van der Waals surface area contributed by atoms with E-state index in [2.05, 4.69) is 31.1 Å². The Balaban J connectivity index is 1.74. The van der Waals surface area contributed by atoms with Crippen LogP contribution in [0.15, 0.2) is 0 Å². The molecule has 1 atom stereocenters. The Morgan fingerprint density at radius 3 is 1.95 bits per heavy atom. The van der Waals surface area contributed by atoms with Crippen LogP contribution >= 0.6 is 0 Å². The van der Waals surface area contributed by atoms with E-state index >= 15 is 0 Å². The summed E-state index contributed by atoms with van der Waals surface area (Å²) < 4.78 is 0. The molecule has 0 aromatic heterocycles. The first-order valence-corrected chi connectivity index (χ1v) is 9.68. The van der Waals surface area contributed by atoms with Gasteiger partial charge in [-0.15, -0.1) is 0 Å². The van der Waals surface area contributed by atoms with Gasteiger partial charge in [-0.25, -0.2) is 0 Å². The minimum atomic E-state index is 0.695. The fourth-order valence-electron chi connectivity index (χ4n) is 3.03. The summed E-state index contributed by atoms with van der Waals surface area (Å²) in [5, 5.41) is 3.63. The molecule has 21 heavy (non-hydrogen) atoms. The van der Waals surface area contributed by atoms with Crippen LogP contribution in [0.25, 0.3) is 0 Å². The summed E-state index contributed by atoms with van der Waals surface area (Å²) in [7, 11) is 2.28. The molecule has 2 nitrogen and oxygen atoms in total. The minimum Gasteiger partial charge on any atom is -0.315 e. The van der Waals surface area contributed by atoms with Gasteiger partial charge in [-0.1, -0.05) is 64.7 Å². The first-order valence-electron chi connectivity index (χ1n) is 9.68. The van der Waals surface area contributed by atoms with Gasteiger partial charge in [0.1, 0.15) is 0 Å². The zero-order valence-corrected chi connectivity index (χ0v) is 15.0. The summed E-state index contributed by atoms with van der Waals surface area (Å²) in [5.74, 6) is 0. The summed E-state index contributed by atoms with van der Waals surface area (Å²) in [5.41, 5.74) is 0. The molecule has 0 radical (unpaired) electrons. The lowest BCUT2D eigenvalue weighted by Crippen LogP contribution is -2.39. The van der Waals surface area contributed by atoms with E-state index in [0.29, 0.717) is 6.04 Å². The van der Waals surface area contributed by atoms with Gasteiger partial charge in [-0.2, -0.15) is 0 Å². The van der Waals surface area contributed by atoms with Crippen LogP contribution < -0.4 is 5.32 Å². The molecule has 1 fully saturated rings. The molecular formula is C19H40N2. The summed E-state index contributed by atoms with van der Waals surface area (Å²) in [6, 6.07) is 1.58. The van der Waals surface area contributed by atoms with E-state index in [-0.39, 0.29) is 0 Å². The summed E-state index contributed by atoms with van der Waals surface area (Å²) >= 11 is 0. The van der Waals surface area contributed by atoms with Gasteiger partial charge in [-0.05, 0) is 39.8 Å². The zero-order valence-electron chi connectivity index (χ0n) is 15.0. The van der Waals surface area contributed by atoms with Crippen molar-refractivity contribution in [1.29, 1.82) is 0 Å². The molecule has 1 N–H and O–H groups in total. The van der Waals surface area contributed by atoms with E-state index in [1.165, 1.54) is 83.6 Å². The second-order valence-corrected chi connectivity index (χ2v) is 7.13. The summed E-state index contributed by atoms with van der Waals surface area (Å²) in [4.78, 5) is 2.55. The highest BCUT2D eigenvalue weighted by molar-refractivity contribution is 4.85. The van der Waals surface area contributed by atoms with Crippen LogP contribution in [-0.4, -0.2) is 37.1 Å². The first kappa shape index (κ1) is 19.0. The monoisotopic (exact) mass is 296 g/mol. The van der Waals surface area contributed by atoms with Crippen molar-refractivity contribution < 1.29 is 0 Å².